The maximum atomic E-state index is 13.0. The Kier molecular flexibility index (Phi) is 4.69. The van der Waals surface area contributed by atoms with Crippen LogP contribution in [0.15, 0.2) is 30.4 Å². The standard InChI is InChI=1S/C14H20FN/c1-5-8-16-14(10(2)3)13-7-6-12(15)9-11(13)4/h6-7,9,14,16H,2,5,8H2,1,3-4H3. The van der Waals surface area contributed by atoms with E-state index in [0.717, 1.165) is 29.7 Å². The zero-order valence-corrected chi connectivity index (χ0v) is 10.3. The highest BCUT2D eigenvalue weighted by atomic mass is 19.1. The van der Waals surface area contributed by atoms with Gasteiger partial charge in [0.1, 0.15) is 5.82 Å². The number of rotatable bonds is 5. The highest BCUT2D eigenvalue weighted by molar-refractivity contribution is 5.33. The van der Waals surface area contributed by atoms with Crippen molar-refractivity contribution in [2.45, 2.75) is 33.2 Å². The van der Waals surface area contributed by atoms with Crippen LogP contribution in [-0.4, -0.2) is 6.54 Å². The highest BCUT2D eigenvalue weighted by Gasteiger charge is 2.13. The van der Waals surface area contributed by atoms with Crippen molar-refractivity contribution in [2.75, 3.05) is 6.54 Å². The van der Waals surface area contributed by atoms with E-state index in [-0.39, 0.29) is 11.9 Å². The summed E-state index contributed by atoms with van der Waals surface area (Å²) in [6.45, 7) is 11.0. The Labute approximate surface area is 97.4 Å². The monoisotopic (exact) mass is 221 g/mol. The summed E-state index contributed by atoms with van der Waals surface area (Å²) in [5, 5.41) is 3.42. The second-order valence-corrected chi connectivity index (χ2v) is 4.23. The summed E-state index contributed by atoms with van der Waals surface area (Å²) >= 11 is 0. The van der Waals surface area contributed by atoms with Crippen LogP contribution in [-0.2, 0) is 0 Å². The molecule has 1 unspecified atom stereocenters. The van der Waals surface area contributed by atoms with E-state index in [0.29, 0.717) is 0 Å². The molecule has 0 aromatic heterocycles. The van der Waals surface area contributed by atoms with Gasteiger partial charge in [-0.05, 0) is 50.1 Å². The van der Waals surface area contributed by atoms with Crippen molar-refractivity contribution < 1.29 is 4.39 Å². The van der Waals surface area contributed by atoms with E-state index in [1.165, 1.54) is 6.07 Å². The normalized spacial score (nSPS) is 12.5. The third kappa shape index (κ3) is 3.17. The Bertz CT molecular complexity index is 371. The van der Waals surface area contributed by atoms with E-state index in [2.05, 4.69) is 18.8 Å². The van der Waals surface area contributed by atoms with Crippen LogP contribution in [0.25, 0.3) is 0 Å². The molecule has 88 valence electrons. The fourth-order valence-corrected chi connectivity index (χ4v) is 1.80. The minimum atomic E-state index is -0.183. The highest BCUT2D eigenvalue weighted by Crippen LogP contribution is 2.24. The van der Waals surface area contributed by atoms with Crippen LogP contribution in [0.4, 0.5) is 4.39 Å². The zero-order chi connectivity index (χ0) is 12.1. The average Bonchev–Trinajstić information content (AvgIpc) is 2.20. The van der Waals surface area contributed by atoms with Gasteiger partial charge in [0, 0.05) is 0 Å². The van der Waals surface area contributed by atoms with Crippen LogP contribution in [0, 0.1) is 12.7 Å². The van der Waals surface area contributed by atoms with E-state index < -0.39 is 0 Å². The molecular weight excluding hydrogens is 201 g/mol. The van der Waals surface area contributed by atoms with Gasteiger partial charge in [0.25, 0.3) is 0 Å². The largest absolute Gasteiger partial charge is 0.307 e. The molecule has 1 aromatic carbocycles. The van der Waals surface area contributed by atoms with Gasteiger partial charge < -0.3 is 5.32 Å². The molecule has 1 rings (SSSR count). The Morgan fingerprint density at radius 2 is 2.19 bits per heavy atom. The summed E-state index contributed by atoms with van der Waals surface area (Å²) in [5.41, 5.74) is 3.14. The first-order valence-electron chi connectivity index (χ1n) is 5.71. The number of aryl methyl sites for hydroxylation is 1. The number of hydrogen-bond acceptors (Lipinski definition) is 1. The van der Waals surface area contributed by atoms with Crippen LogP contribution in [0.5, 0.6) is 0 Å². The first kappa shape index (κ1) is 12.9. The number of hydrogen-bond donors (Lipinski definition) is 1. The Morgan fingerprint density at radius 1 is 1.50 bits per heavy atom. The molecular formula is C14H20FN. The molecule has 0 aliphatic heterocycles. The van der Waals surface area contributed by atoms with Crippen molar-refractivity contribution in [1.29, 1.82) is 0 Å². The molecule has 0 saturated carbocycles. The number of halogens is 1. The molecule has 0 aliphatic rings. The van der Waals surface area contributed by atoms with Gasteiger partial charge in [0.2, 0.25) is 0 Å². The summed E-state index contributed by atoms with van der Waals surface area (Å²) in [6, 6.07) is 5.04. The lowest BCUT2D eigenvalue weighted by molar-refractivity contribution is 0.583. The minimum absolute atomic E-state index is 0.126. The average molecular weight is 221 g/mol. The zero-order valence-electron chi connectivity index (χ0n) is 10.3. The molecule has 1 nitrogen and oxygen atoms in total. The lowest BCUT2D eigenvalue weighted by Crippen LogP contribution is -2.23. The predicted octanol–water partition coefficient (Wildman–Crippen LogP) is 3.75. The molecule has 0 bridgehead atoms. The second-order valence-electron chi connectivity index (χ2n) is 4.23. The van der Waals surface area contributed by atoms with Crippen LogP contribution in [0.2, 0.25) is 0 Å². The van der Waals surface area contributed by atoms with E-state index in [9.17, 15) is 4.39 Å². The van der Waals surface area contributed by atoms with E-state index >= 15 is 0 Å². The van der Waals surface area contributed by atoms with Crippen molar-refractivity contribution in [1.82, 2.24) is 5.32 Å². The van der Waals surface area contributed by atoms with Crippen molar-refractivity contribution in [2.24, 2.45) is 0 Å². The third-order valence-corrected chi connectivity index (χ3v) is 2.63. The fraction of sp³-hybridized carbons (Fsp3) is 0.429. The topological polar surface area (TPSA) is 12.0 Å². The van der Waals surface area contributed by atoms with Gasteiger partial charge in [-0.25, -0.2) is 4.39 Å². The molecule has 0 spiro atoms. The Morgan fingerprint density at radius 3 is 2.69 bits per heavy atom. The lowest BCUT2D eigenvalue weighted by atomic mass is 9.96. The first-order valence-corrected chi connectivity index (χ1v) is 5.71. The Balaban J connectivity index is 2.96. The Hall–Kier alpha value is -1.15. The number of nitrogens with one attached hydrogen (secondary N) is 1. The summed E-state index contributed by atoms with van der Waals surface area (Å²) in [7, 11) is 0. The third-order valence-electron chi connectivity index (χ3n) is 2.63. The molecule has 0 heterocycles. The summed E-state index contributed by atoms with van der Waals surface area (Å²) in [5.74, 6) is -0.183. The summed E-state index contributed by atoms with van der Waals surface area (Å²) < 4.78 is 13.0. The van der Waals surface area contributed by atoms with Crippen LogP contribution < -0.4 is 5.32 Å². The molecule has 1 atom stereocenters. The van der Waals surface area contributed by atoms with Gasteiger partial charge >= 0.3 is 0 Å². The van der Waals surface area contributed by atoms with Gasteiger partial charge in [-0.3, -0.25) is 0 Å². The number of benzene rings is 1. The van der Waals surface area contributed by atoms with Crippen LogP contribution in [0.3, 0.4) is 0 Å². The molecule has 0 aliphatic carbocycles. The molecule has 0 radical (unpaired) electrons. The molecule has 1 aromatic rings. The van der Waals surface area contributed by atoms with Gasteiger partial charge in [0.05, 0.1) is 6.04 Å². The minimum Gasteiger partial charge on any atom is -0.307 e. The summed E-state index contributed by atoms with van der Waals surface area (Å²) in [4.78, 5) is 0. The SMILES string of the molecule is C=C(C)C(NCCC)c1ccc(F)cc1C. The smallest absolute Gasteiger partial charge is 0.123 e. The quantitative estimate of drug-likeness (QED) is 0.747. The van der Waals surface area contributed by atoms with Crippen molar-refractivity contribution in [3.8, 4) is 0 Å². The second kappa shape index (κ2) is 5.80. The maximum absolute atomic E-state index is 13.0. The van der Waals surface area contributed by atoms with Crippen molar-refractivity contribution in [3.63, 3.8) is 0 Å². The first-order chi connectivity index (χ1) is 7.56. The van der Waals surface area contributed by atoms with Gasteiger partial charge in [-0.15, -0.1) is 0 Å². The van der Waals surface area contributed by atoms with Crippen LogP contribution in [0.1, 0.15) is 37.4 Å². The van der Waals surface area contributed by atoms with Gasteiger partial charge in [0.15, 0.2) is 0 Å². The predicted molar refractivity (Wildman–Crippen MR) is 67.0 cm³/mol. The molecule has 0 saturated heterocycles. The van der Waals surface area contributed by atoms with Crippen molar-refractivity contribution >= 4 is 0 Å². The molecule has 16 heavy (non-hydrogen) atoms. The van der Waals surface area contributed by atoms with Crippen LogP contribution >= 0.6 is 0 Å². The molecule has 0 amide bonds. The maximum Gasteiger partial charge on any atom is 0.123 e. The molecule has 0 fully saturated rings. The van der Waals surface area contributed by atoms with Gasteiger partial charge in [-0.1, -0.05) is 25.1 Å². The fourth-order valence-electron chi connectivity index (χ4n) is 1.80. The van der Waals surface area contributed by atoms with E-state index in [1.807, 2.05) is 19.9 Å². The van der Waals surface area contributed by atoms with Crippen molar-refractivity contribution in [3.05, 3.63) is 47.3 Å². The van der Waals surface area contributed by atoms with Gasteiger partial charge in [-0.2, -0.15) is 0 Å². The summed E-state index contributed by atoms with van der Waals surface area (Å²) in [6.07, 6.45) is 1.07. The van der Waals surface area contributed by atoms with E-state index in [4.69, 9.17) is 0 Å². The van der Waals surface area contributed by atoms with E-state index in [1.54, 1.807) is 6.07 Å². The lowest BCUT2D eigenvalue weighted by Gasteiger charge is -2.21. The molecule has 2 heteroatoms. The molecule has 1 N–H and O–H groups in total.